The molecule has 0 aliphatic carbocycles. The van der Waals surface area contributed by atoms with Gasteiger partial charge in [0.2, 0.25) is 0 Å². The smallest absolute Gasteiger partial charge is 0.258 e. The monoisotopic (exact) mass is 319 g/mol. The van der Waals surface area contributed by atoms with Crippen molar-refractivity contribution in [3.05, 3.63) is 51.0 Å². The third kappa shape index (κ3) is 3.53. The standard InChI is InChI=1S/C11H5Cl3FN3O/c12-5-1-6(15)3-7(2-5)16-11(19)8-4-9(13)17-18-10(8)14/h1-4H,(H,16,19). The quantitative estimate of drug-likeness (QED) is 0.915. The Morgan fingerprint density at radius 1 is 1.11 bits per heavy atom. The lowest BCUT2D eigenvalue weighted by Gasteiger charge is -2.06. The van der Waals surface area contributed by atoms with E-state index in [9.17, 15) is 9.18 Å². The fourth-order valence-corrected chi connectivity index (χ4v) is 1.88. The Morgan fingerprint density at radius 2 is 1.84 bits per heavy atom. The van der Waals surface area contributed by atoms with Crippen LogP contribution in [0, 0.1) is 5.82 Å². The molecule has 0 atom stereocenters. The molecule has 2 aromatic rings. The third-order valence-corrected chi connectivity index (χ3v) is 2.77. The summed E-state index contributed by atoms with van der Waals surface area (Å²) in [5.41, 5.74) is 0.223. The lowest BCUT2D eigenvalue weighted by molar-refractivity contribution is 0.102. The number of nitrogens with one attached hydrogen (secondary N) is 1. The summed E-state index contributed by atoms with van der Waals surface area (Å²) in [5, 5.41) is 9.48. The van der Waals surface area contributed by atoms with Crippen LogP contribution in [-0.4, -0.2) is 16.1 Å². The summed E-state index contributed by atoms with van der Waals surface area (Å²) >= 11 is 17.0. The molecule has 1 amide bonds. The van der Waals surface area contributed by atoms with Crippen molar-refractivity contribution in [1.29, 1.82) is 0 Å². The Labute approximate surface area is 122 Å². The summed E-state index contributed by atoms with van der Waals surface area (Å²) in [4.78, 5) is 11.9. The number of aromatic nitrogens is 2. The maximum atomic E-state index is 13.1. The Kier molecular flexibility index (Phi) is 4.19. The van der Waals surface area contributed by atoms with Crippen molar-refractivity contribution in [1.82, 2.24) is 10.2 Å². The molecule has 0 aliphatic rings. The van der Waals surface area contributed by atoms with Gasteiger partial charge in [-0.3, -0.25) is 4.79 Å². The van der Waals surface area contributed by atoms with Crippen molar-refractivity contribution in [3.8, 4) is 0 Å². The van der Waals surface area contributed by atoms with Crippen molar-refractivity contribution < 1.29 is 9.18 Å². The average molecular weight is 321 g/mol. The normalized spacial score (nSPS) is 10.3. The van der Waals surface area contributed by atoms with E-state index in [0.29, 0.717) is 0 Å². The minimum absolute atomic E-state index is 0.0202. The Bertz CT molecular complexity index is 631. The summed E-state index contributed by atoms with van der Waals surface area (Å²) in [5.74, 6) is -1.16. The molecule has 0 unspecified atom stereocenters. The van der Waals surface area contributed by atoms with Gasteiger partial charge in [-0.2, -0.15) is 0 Å². The number of anilines is 1. The average Bonchev–Trinajstić information content (AvgIpc) is 2.30. The molecule has 0 saturated heterocycles. The second-order valence-electron chi connectivity index (χ2n) is 3.48. The summed E-state index contributed by atoms with van der Waals surface area (Å²) < 4.78 is 13.1. The van der Waals surface area contributed by atoms with E-state index in [1.165, 1.54) is 12.1 Å². The van der Waals surface area contributed by atoms with E-state index in [1.54, 1.807) is 0 Å². The van der Waals surface area contributed by atoms with Gasteiger partial charge in [0, 0.05) is 10.7 Å². The number of benzene rings is 1. The number of amides is 1. The van der Waals surface area contributed by atoms with E-state index in [1.807, 2.05) is 0 Å². The molecule has 1 aromatic carbocycles. The number of hydrogen-bond acceptors (Lipinski definition) is 3. The molecule has 19 heavy (non-hydrogen) atoms. The molecule has 1 aromatic heterocycles. The SMILES string of the molecule is O=C(Nc1cc(F)cc(Cl)c1)c1cc(Cl)nnc1Cl. The van der Waals surface area contributed by atoms with Crippen LogP contribution in [0.3, 0.4) is 0 Å². The Morgan fingerprint density at radius 3 is 2.53 bits per heavy atom. The van der Waals surface area contributed by atoms with Gasteiger partial charge in [-0.1, -0.05) is 34.8 Å². The molecular formula is C11H5Cl3FN3O. The number of carbonyl (C=O) groups excluding carboxylic acids is 1. The van der Waals surface area contributed by atoms with E-state index in [4.69, 9.17) is 34.8 Å². The number of hydrogen-bond donors (Lipinski definition) is 1. The molecule has 0 aliphatic heterocycles. The minimum Gasteiger partial charge on any atom is -0.322 e. The molecule has 0 radical (unpaired) electrons. The van der Waals surface area contributed by atoms with Gasteiger partial charge in [0.1, 0.15) is 5.82 Å². The molecule has 0 spiro atoms. The van der Waals surface area contributed by atoms with Crippen LogP contribution in [0.25, 0.3) is 0 Å². The molecule has 2 rings (SSSR count). The van der Waals surface area contributed by atoms with Crippen molar-refractivity contribution in [2.45, 2.75) is 0 Å². The van der Waals surface area contributed by atoms with Crippen LogP contribution >= 0.6 is 34.8 Å². The van der Waals surface area contributed by atoms with Crippen LogP contribution in [0.2, 0.25) is 15.3 Å². The summed E-state index contributed by atoms with van der Waals surface area (Å²) in [6.07, 6.45) is 0. The van der Waals surface area contributed by atoms with Crippen molar-refractivity contribution in [2.75, 3.05) is 5.32 Å². The van der Waals surface area contributed by atoms with Crippen LogP contribution in [0.15, 0.2) is 24.3 Å². The topological polar surface area (TPSA) is 54.9 Å². The molecular weight excluding hydrogens is 315 g/mol. The molecule has 8 heteroatoms. The van der Waals surface area contributed by atoms with Crippen LogP contribution in [-0.2, 0) is 0 Å². The lowest BCUT2D eigenvalue weighted by Crippen LogP contribution is -2.13. The molecule has 4 nitrogen and oxygen atoms in total. The Balaban J connectivity index is 2.28. The first-order valence-electron chi connectivity index (χ1n) is 4.92. The minimum atomic E-state index is -0.594. The zero-order valence-corrected chi connectivity index (χ0v) is 11.4. The molecule has 1 heterocycles. The first-order valence-corrected chi connectivity index (χ1v) is 6.05. The van der Waals surface area contributed by atoms with Gasteiger partial charge in [-0.25, -0.2) is 4.39 Å². The molecule has 1 N–H and O–H groups in total. The fraction of sp³-hybridized carbons (Fsp3) is 0. The third-order valence-electron chi connectivity index (χ3n) is 2.08. The van der Waals surface area contributed by atoms with Crippen LogP contribution in [0.4, 0.5) is 10.1 Å². The first kappa shape index (κ1) is 14.0. The summed E-state index contributed by atoms with van der Waals surface area (Å²) in [6.45, 7) is 0. The number of rotatable bonds is 2. The fourth-order valence-electron chi connectivity index (χ4n) is 1.34. The number of carbonyl (C=O) groups is 1. The van der Waals surface area contributed by atoms with Gasteiger partial charge in [0.15, 0.2) is 10.3 Å². The molecule has 98 valence electrons. The van der Waals surface area contributed by atoms with E-state index < -0.39 is 11.7 Å². The molecule has 0 fully saturated rings. The highest BCUT2D eigenvalue weighted by Gasteiger charge is 2.14. The van der Waals surface area contributed by atoms with Gasteiger partial charge in [0.05, 0.1) is 5.56 Å². The first-order chi connectivity index (χ1) is 8.95. The highest BCUT2D eigenvalue weighted by atomic mass is 35.5. The van der Waals surface area contributed by atoms with E-state index in [-0.39, 0.29) is 26.6 Å². The predicted molar refractivity (Wildman–Crippen MR) is 71.4 cm³/mol. The summed E-state index contributed by atoms with van der Waals surface area (Å²) in [6, 6.07) is 4.89. The van der Waals surface area contributed by atoms with Gasteiger partial charge in [0.25, 0.3) is 5.91 Å². The zero-order valence-electron chi connectivity index (χ0n) is 9.12. The van der Waals surface area contributed by atoms with E-state index in [2.05, 4.69) is 15.5 Å². The predicted octanol–water partition coefficient (Wildman–Crippen LogP) is 3.83. The highest BCUT2D eigenvalue weighted by molar-refractivity contribution is 6.34. The maximum Gasteiger partial charge on any atom is 0.258 e. The van der Waals surface area contributed by atoms with Crippen LogP contribution in [0.1, 0.15) is 10.4 Å². The lowest BCUT2D eigenvalue weighted by atomic mass is 10.2. The maximum absolute atomic E-state index is 13.1. The second kappa shape index (κ2) is 5.69. The highest BCUT2D eigenvalue weighted by Crippen LogP contribution is 2.21. The second-order valence-corrected chi connectivity index (χ2v) is 4.67. The zero-order chi connectivity index (χ0) is 14.0. The van der Waals surface area contributed by atoms with Gasteiger partial charge in [-0.05, 0) is 24.3 Å². The number of halogens is 4. The largest absolute Gasteiger partial charge is 0.322 e. The van der Waals surface area contributed by atoms with E-state index in [0.717, 1.165) is 12.1 Å². The van der Waals surface area contributed by atoms with Gasteiger partial charge < -0.3 is 5.32 Å². The van der Waals surface area contributed by atoms with Gasteiger partial charge >= 0.3 is 0 Å². The van der Waals surface area contributed by atoms with Crippen molar-refractivity contribution in [2.24, 2.45) is 0 Å². The van der Waals surface area contributed by atoms with Crippen LogP contribution < -0.4 is 5.32 Å². The van der Waals surface area contributed by atoms with Crippen molar-refractivity contribution in [3.63, 3.8) is 0 Å². The molecule has 0 saturated carbocycles. The number of nitrogens with zero attached hydrogens (tertiary/aromatic N) is 2. The van der Waals surface area contributed by atoms with Crippen LogP contribution in [0.5, 0.6) is 0 Å². The molecule has 0 bridgehead atoms. The van der Waals surface area contributed by atoms with Crippen molar-refractivity contribution >= 4 is 46.4 Å². The Hall–Kier alpha value is -1.43. The van der Waals surface area contributed by atoms with E-state index >= 15 is 0 Å². The summed E-state index contributed by atoms with van der Waals surface area (Å²) in [7, 11) is 0. The van der Waals surface area contributed by atoms with Gasteiger partial charge in [-0.15, -0.1) is 10.2 Å².